The highest BCUT2D eigenvalue weighted by atomic mass is 127. The number of benzene rings is 1. The smallest absolute Gasteiger partial charge is 0.256 e. The van der Waals surface area contributed by atoms with Gasteiger partial charge in [-0.05, 0) is 67.8 Å². The second-order valence-electron chi connectivity index (χ2n) is 5.82. The van der Waals surface area contributed by atoms with E-state index in [1.807, 2.05) is 67.8 Å². The summed E-state index contributed by atoms with van der Waals surface area (Å²) in [5.41, 5.74) is 0.845. The fraction of sp³-hybridized carbons (Fsp3) is 0.190. The molecular weight excluding hydrogens is 723 g/mol. The number of halogens is 3. The number of hydrogen-bond acceptors (Lipinski definition) is 4. The van der Waals surface area contributed by atoms with E-state index in [-0.39, 0.29) is 17.5 Å². The molecular formula is C21H20I3N3O3. The van der Waals surface area contributed by atoms with Gasteiger partial charge in [0.1, 0.15) is 5.69 Å². The topological polar surface area (TPSA) is 70.0 Å². The van der Waals surface area contributed by atoms with Crippen molar-refractivity contribution in [2.75, 3.05) is 26.2 Å². The summed E-state index contributed by atoms with van der Waals surface area (Å²) in [5, 5.41) is 0. The molecule has 6 nitrogen and oxygen atoms in total. The van der Waals surface area contributed by atoms with Crippen molar-refractivity contribution in [2.45, 2.75) is 0 Å². The van der Waals surface area contributed by atoms with Gasteiger partial charge < -0.3 is 9.80 Å². The molecule has 0 bridgehead atoms. The van der Waals surface area contributed by atoms with E-state index in [4.69, 9.17) is 0 Å². The maximum absolute atomic E-state index is 13.4. The van der Waals surface area contributed by atoms with Gasteiger partial charge in [0.15, 0.2) is 0 Å². The minimum Gasteiger partial charge on any atom is -0.331 e. The van der Waals surface area contributed by atoms with Crippen LogP contribution < -0.4 is 0 Å². The van der Waals surface area contributed by atoms with Gasteiger partial charge in [0, 0.05) is 29.7 Å². The van der Waals surface area contributed by atoms with Gasteiger partial charge in [0.05, 0.1) is 18.3 Å². The van der Waals surface area contributed by atoms with Crippen LogP contribution in [0.3, 0.4) is 0 Å². The Balaban J connectivity index is 3.85. The molecule has 0 aliphatic heterocycles. The van der Waals surface area contributed by atoms with Crippen LogP contribution in [0.25, 0.3) is 0 Å². The average Bonchev–Trinajstić information content (AvgIpc) is 2.70. The second-order valence-corrected chi connectivity index (χ2v) is 9.05. The highest BCUT2D eigenvalue weighted by molar-refractivity contribution is 14.1. The zero-order valence-electron chi connectivity index (χ0n) is 16.2. The van der Waals surface area contributed by atoms with E-state index in [0.717, 1.165) is 0 Å². The number of aliphatic imine (C=N–C) groups is 1. The maximum atomic E-state index is 13.4. The Labute approximate surface area is 217 Å². The maximum Gasteiger partial charge on any atom is 0.256 e. The van der Waals surface area contributed by atoms with Gasteiger partial charge in [-0.3, -0.25) is 9.59 Å². The van der Waals surface area contributed by atoms with Gasteiger partial charge in [0.25, 0.3) is 11.8 Å². The first-order valence-corrected chi connectivity index (χ1v) is 11.8. The molecule has 9 heteroatoms. The summed E-state index contributed by atoms with van der Waals surface area (Å²) in [6, 6.07) is 0. The molecule has 0 aliphatic rings. The summed E-state index contributed by atoms with van der Waals surface area (Å²) in [7, 11) is 0. The number of carbonyl (C=O) groups excluding carboxylic acids is 3. The zero-order chi connectivity index (χ0) is 22.8. The Morgan fingerprint density at radius 3 is 1.37 bits per heavy atom. The number of amides is 2. The molecule has 0 fully saturated rings. The SMILES string of the molecule is C=CCN(CC=C)C(=O)c1c(I)c(N=C=O)c(I)c(C(=O)N(CC=C)CC=C)c1I. The third-order valence-corrected chi connectivity index (χ3v) is 7.03. The number of hydrogen-bond donors (Lipinski definition) is 0. The summed E-state index contributed by atoms with van der Waals surface area (Å²) in [4.78, 5) is 44.6. The lowest BCUT2D eigenvalue weighted by atomic mass is 10.1. The second kappa shape index (κ2) is 13.2. The highest BCUT2D eigenvalue weighted by Crippen LogP contribution is 2.38. The van der Waals surface area contributed by atoms with Crippen LogP contribution in [-0.4, -0.2) is 53.9 Å². The molecule has 0 spiro atoms. The molecule has 158 valence electrons. The molecule has 0 unspecified atom stereocenters. The van der Waals surface area contributed by atoms with E-state index in [2.05, 4.69) is 31.3 Å². The third-order valence-electron chi connectivity index (χ3n) is 3.85. The molecule has 0 N–H and O–H groups in total. The first kappa shape index (κ1) is 26.7. The lowest BCUT2D eigenvalue weighted by Gasteiger charge is -2.25. The number of rotatable bonds is 11. The quantitative estimate of drug-likeness (QED) is 0.137. The van der Waals surface area contributed by atoms with Gasteiger partial charge in [-0.1, -0.05) is 24.3 Å². The van der Waals surface area contributed by atoms with Crippen LogP contribution in [0.4, 0.5) is 5.69 Å². The van der Waals surface area contributed by atoms with Crippen molar-refractivity contribution in [3.63, 3.8) is 0 Å². The Kier molecular flexibility index (Phi) is 11.7. The van der Waals surface area contributed by atoms with Gasteiger partial charge >= 0.3 is 0 Å². The molecule has 0 aliphatic carbocycles. The molecule has 1 aromatic carbocycles. The predicted molar refractivity (Wildman–Crippen MR) is 145 cm³/mol. The van der Waals surface area contributed by atoms with Gasteiger partial charge in [-0.15, -0.1) is 26.3 Å². The minimum atomic E-state index is -0.310. The summed E-state index contributed by atoms with van der Waals surface area (Å²) in [6.07, 6.45) is 7.97. The van der Waals surface area contributed by atoms with Crippen LogP contribution >= 0.6 is 67.8 Å². The molecule has 0 saturated heterocycles. The number of isocyanates is 1. The van der Waals surface area contributed by atoms with Crippen LogP contribution in [0.2, 0.25) is 0 Å². The molecule has 1 aromatic rings. The molecule has 0 heterocycles. The van der Waals surface area contributed by atoms with E-state index in [9.17, 15) is 14.4 Å². The van der Waals surface area contributed by atoms with Crippen molar-refractivity contribution in [2.24, 2.45) is 4.99 Å². The highest BCUT2D eigenvalue weighted by Gasteiger charge is 2.31. The van der Waals surface area contributed by atoms with E-state index < -0.39 is 0 Å². The first-order chi connectivity index (χ1) is 14.3. The lowest BCUT2D eigenvalue weighted by Crippen LogP contribution is -2.35. The summed E-state index contributed by atoms with van der Waals surface area (Å²) >= 11 is 5.95. The van der Waals surface area contributed by atoms with Crippen LogP contribution in [-0.2, 0) is 4.79 Å². The van der Waals surface area contributed by atoms with E-state index in [1.165, 1.54) is 6.08 Å². The molecule has 0 atom stereocenters. The van der Waals surface area contributed by atoms with Crippen LogP contribution in [0.1, 0.15) is 20.7 Å². The predicted octanol–water partition coefficient (Wildman–Crippen LogP) is 5.10. The Morgan fingerprint density at radius 1 is 0.767 bits per heavy atom. The van der Waals surface area contributed by atoms with Crippen molar-refractivity contribution in [3.05, 3.63) is 72.5 Å². The molecule has 0 radical (unpaired) electrons. The summed E-state index contributed by atoms with van der Waals surface area (Å²) in [5.74, 6) is -0.620. The Morgan fingerprint density at radius 2 is 1.10 bits per heavy atom. The first-order valence-electron chi connectivity index (χ1n) is 8.60. The number of nitrogens with zero attached hydrogens (tertiary/aromatic N) is 3. The zero-order valence-corrected chi connectivity index (χ0v) is 22.6. The third kappa shape index (κ3) is 6.11. The summed E-state index contributed by atoms with van der Waals surface area (Å²) < 4.78 is 1.43. The summed E-state index contributed by atoms with van der Waals surface area (Å²) in [6.45, 7) is 16.0. The monoisotopic (exact) mass is 743 g/mol. The van der Waals surface area contributed by atoms with Gasteiger partial charge in [-0.2, -0.15) is 4.99 Å². The van der Waals surface area contributed by atoms with E-state index in [1.54, 1.807) is 34.1 Å². The van der Waals surface area contributed by atoms with Crippen molar-refractivity contribution in [1.29, 1.82) is 0 Å². The van der Waals surface area contributed by atoms with Gasteiger partial charge in [0.2, 0.25) is 6.08 Å². The molecule has 2 amide bonds. The Hall–Kier alpha value is -1.31. The van der Waals surface area contributed by atoms with Crippen LogP contribution in [0.15, 0.2) is 55.6 Å². The van der Waals surface area contributed by atoms with Crippen molar-refractivity contribution in [1.82, 2.24) is 9.80 Å². The minimum absolute atomic E-state index is 0.243. The molecule has 1 rings (SSSR count). The van der Waals surface area contributed by atoms with Crippen LogP contribution in [0.5, 0.6) is 0 Å². The van der Waals surface area contributed by atoms with Crippen molar-refractivity contribution in [3.8, 4) is 0 Å². The van der Waals surface area contributed by atoms with Crippen molar-refractivity contribution < 1.29 is 14.4 Å². The fourth-order valence-corrected chi connectivity index (χ4v) is 6.92. The Bertz CT molecular complexity index is 854. The fourth-order valence-electron chi connectivity index (χ4n) is 2.59. The molecule has 0 saturated carbocycles. The normalized spacial score (nSPS) is 9.83. The van der Waals surface area contributed by atoms with Crippen molar-refractivity contribution >= 4 is 91.4 Å². The standard InChI is InChI=1S/C21H20I3N3O3/c1-5-9-26(10-6-2)20(29)14-16(22)15(18(24)19(17(14)23)25-13-28)21(30)27(11-7-3)12-8-4/h5-8H,1-4,9-12H2. The molecule has 30 heavy (non-hydrogen) atoms. The average molecular weight is 743 g/mol. The lowest BCUT2D eigenvalue weighted by molar-refractivity contribution is 0.0786. The van der Waals surface area contributed by atoms with Gasteiger partial charge in [-0.25, -0.2) is 4.79 Å². The van der Waals surface area contributed by atoms with E-state index in [0.29, 0.717) is 48.0 Å². The van der Waals surface area contributed by atoms with Crippen LogP contribution in [0, 0.1) is 10.7 Å². The number of carbonyl (C=O) groups is 2. The molecule has 0 aromatic heterocycles. The van der Waals surface area contributed by atoms with E-state index >= 15 is 0 Å². The largest absolute Gasteiger partial charge is 0.331 e.